The zero-order valence-corrected chi connectivity index (χ0v) is 14.4. The van der Waals surface area contributed by atoms with E-state index in [1.165, 1.54) is 0 Å². The van der Waals surface area contributed by atoms with Crippen molar-refractivity contribution in [2.24, 2.45) is 11.8 Å². The van der Waals surface area contributed by atoms with Crippen LogP contribution in [0.25, 0.3) is 0 Å². The van der Waals surface area contributed by atoms with E-state index in [0.29, 0.717) is 5.92 Å². The van der Waals surface area contributed by atoms with Gasteiger partial charge in [-0.15, -0.1) is 12.4 Å². The summed E-state index contributed by atoms with van der Waals surface area (Å²) in [6, 6.07) is 7.83. The van der Waals surface area contributed by atoms with Gasteiger partial charge in [0.1, 0.15) is 0 Å². The monoisotopic (exact) mass is 330 g/mol. The van der Waals surface area contributed by atoms with Crippen molar-refractivity contribution in [3.8, 4) is 0 Å². The molecule has 1 amide bonds. The number of hydrogen-bond donors (Lipinski definition) is 1. The van der Waals surface area contributed by atoms with Gasteiger partial charge in [-0.1, -0.05) is 50.6 Å². The van der Waals surface area contributed by atoms with E-state index in [4.69, 9.17) is 11.6 Å². The SMILES string of the molecule is CC(C)C(C)C(=O)N1CCNCC1c1ccccc1Cl.Cl. The van der Waals surface area contributed by atoms with Crippen LogP contribution in [0.2, 0.25) is 5.02 Å². The molecule has 0 saturated carbocycles. The molecular weight excluding hydrogens is 307 g/mol. The fourth-order valence-corrected chi connectivity index (χ4v) is 2.80. The highest BCUT2D eigenvalue weighted by molar-refractivity contribution is 6.31. The van der Waals surface area contributed by atoms with Crippen LogP contribution >= 0.6 is 24.0 Å². The number of nitrogens with one attached hydrogen (secondary N) is 1. The highest BCUT2D eigenvalue weighted by Gasteiger charge is 2.32. The van der Waals surface area contributed by atoms with E-state index in [-0.39, 0.29) is 30.3 Å². The van der Waals surface area contributed by atoms with Crippen molar-refractivity contribution < 1.29 is 4.79 Å². The lowest BCUT2D eigenvalue weighted by Gasteiger charge is -2.39. The van der Waals surface area contributed by atoms with E-state index >= 15 is 0 Å². The molecule has 1 aromatic carbocycles. The van der Waals surface area contributed by atoms with E-state index in [2.05, 4.69) is 19.2 Å². The Labute approximate surface area is 138 Å². The molecule has 1 N–H and O–H groups in total. The van der Waals surface area contributed by atoms with Crippen molar-refractivity contribution in [3.05, 3.63) is 34.9 Å². The fourth-order valence-electron chi connectivity index (χ4n) is 2.54. The molecule has 5 heteroatoms. The molecule has 1 aliphatic rings. The Bertz CT molecular complexity index is 479. The minimum Gasteiger partial charge on any atom is -0.333 e. The Balaban J connectivity index is 0.00000220. The number of benzene rings is 1. The predicted molar refractivity (Wildman–Crippen MR) is 90.0 cm³/mol. The molecule has 1 heterocycles. The molecule has 0 spiro atoms. The largest absolute Gasteiger partial charge is 0.333 e. The minimum atomic E-state index is 0. The summed E-state index contributed by atoms with van der Waals surface area (Å²) in [6.07, 6.45) is 0. The summed E-state index contributed by atoms with van der Waals surface area (Å²) in [4.78, 5) is 14.7. The number of nitrogens with zero attached hydrogens (tertiary/aromatic N) is 1. The molecule has 0 aromatic heterocycles. The van der Waals surface area contributed by atoms with Crippen LogP contribution in [0, 0.1) is 11.8 Å². The zero-order chi connectivity index (χ0) is 14.7. The van der Waals surface area contributed by atoms with Crippen molar-refractivity contribution in [3.63, 3.8) is 0 Å². The average Bonchev–Trinajstić information content (AvgIpc) is 2.46. The van der Waals surface area contributed by atoms with E-state index in [1.54, 1.807) is 0 Å². The molecular formula is C16H24Cl2N2O. The summed E-state index contributed by atoms with van der Waals surface area (Å²) in [6.45, 7) is 8.55. The van der Waals surface area contributed by atoms with Crippen molar-refractivity contribution in [2.75, 3.05) is 19.6 Å². The second kappa shape index (κ2) is 8.02. The molecule has 2 unspecified atom stereocenters. The third kappa shape index (κ3) is 4.12. The zero-order valence-electron chi connectivity index (χ0n) is 12.8. The number of amides is 1. The molecule has 2 atom stereocenters. The van der Waals surface area contributed by atoms with Gasteiger partial charge >= 0.3 is 0 Å². The topological polar surface area (TPSA) is 32.3 Å². The van der Waals surface area contributed by atoms with Crippen molar-refractivity contribution >= 4 is 29.9 Å². The summed E-state index contributed by atoms with van der Waals surface area (Å²) >= 11 is 6.30. The third-order valence-corrected chi connectivity index (χ3v) is 4.52. The molecule has 0 radical (unpaired) electrons. The summed E-state index contributed by atoms with van der Waals surface area (Å²) < 4.78 is 0. The first kappa shape index (κ1) is 18.3. The average molecular weight is 331 g/mol. The Morgan fingerprint density at radius 2 is 2.00 bits per heavy atom. The van der Waals surface area contributed by atoms with Crippen LogP contribution in [0.5, 0.6) is 0 Å². The van der Waals surface area contributed by atoms with Gasteiger partial charge in [0.2, 0.25) is 5.91 Å². The van der Waals surface area contributed by atoms with Gasteiger partial charge in [-0.05, 0) is 17.5 Å². The Morgan fingerprint density at radius 3 is 2.62 bits per heavy atom. The van der Waals surface area contributed by atoms with E-state index in [9.17, 15) is 4.79 Å². The van der Waals surface area contributed by atoms with Crippen molar-refractivity contribution in [1.29, 1.82) is 0 Å². The maximum absolute atomic E-state index is 12.7. The van der Waals surface area contributed by atoms with Gasteiger partial charge in [-0.2, -0.15) is 0 Å². The number of carbonyl (C=O) groups excluding carboxylic acids is 1. The van der Waals surface area contributed by atoms with Crippen LogP contribution in [-0.2, 0) is 4.79 Å². The molecule has 3 nitrogen and oxygen atoms in total. The van der Waals surface area contributed by atoms with Crippen LogP contribution in [0.3, 0.4) is 0 Å². The lowest BCUT2D eigenvalue weighted by Crippen LogP contribution is -2.50. The molecule has 1 fully saturated rings. The van der Waals surface area contributed by atoms with Gasteiger partial charge in [0.05, 0.1) is 6.04 Å². The lowest BCUT2D eigenvalue weighted by atomic mass is 9.94. The molecule has 118 valence electrons. The summed E-state index contributed by atoms with van der Waals surface area (Å²) in [5.41, 5.74) is 1.03. The normalized spacial score (nSPS) is 20.0. The maximum Gasteiger partial charge on any atom is 0.226 e. The second-order valence-electron chi connectivity index (χ2n) is 5.81. The quantitative estimate of drug-likeness (QED) is 0.919. The summed E-state index contributed by atoms with van der Waals surface area (Å²) in [5, 5.41) is 4.09. The van der Waals surface area contributed by atoms with Gasteiger partial charge in [0.15, 0.2) is 0 Å². The summed E-state index contributed by atoms with van der Waals surface area (Å²) in [5.74, 6) is 0.619. The Hall–Kier alpha value is -0.770. The molecule has 2 rings (SSSR count). The van der Waals surface area contributed by atoms with Crippen LogP contribution < -0.4 is 5.32 Å². The number of piperazine rings is 1. The molecule has 0 aliphatic carbocycles. The third-order valence-electron chi connectivity index (χ3n) is 4.18. The van der Waals surface area contributed by atoms with Crippen LogP contribution in [0.1, 0.15) is 32.4 Å². The van der Waals surface area contributed by atoms with Crippen LogP contribution in [0.4, 0.5) is 0 Å². The maximum atomic E-state index is 12.7. The van der Waals surface area contributed by atoms with E-state index in [1.807, 2.05) is 36.1 Å². The van der Waals surface area contributed by atoms with Crippen LogP contribution in [0.15, 0.2) is 24.3 Å². The number of hydrogen-bond acceptors (Lipinski definition) is 2. The van der Waals surface area contributed by atoms with Gasteiger partial charge in [-0.25, -0.2) is 0 Å². The number of rotatable bonds is 3. The van der Waals surface area contributed by atoms with Gasteiger partial charge in [-0.3, -0.25) is 4.79 Å². The van der Waals surface area contributed by atoms with Crippen LogP contribution in [-0.4, -0.2) is 30.4 Å². The molecule has 0 bridgehead atoms. The van der Waals surface area contributed by atoms with Gasteiger partial charge in [0.25, 0.3) is 0 Å². The molecule has 1 saturated heterocycles. The highest BCUT2D eigenvalue weighted by Crippen LogP contribution is 2.30. The second-order valence-corrected chi connectivity index (χ2v) is 6.21. The van der Waals surface area contributed by atoms with Crippen molar-refractivity contribution in [1.82, 2.24) is 10.2 Å². The van der Waals surface area contributed by atoms with E-state index in [0.717, 1.165) is 30.2 Å². The number of halogens is 2. The van der Waals surface area contributed by atoms with Gasteiger partial charge < -0.3 is 10.2 Å². The Morgan fingerprint density at radius 1 is 1.33 bits per heavy atom. The predicted octanol–water partition coefficient (Wildman–Crippen LogP) is 3.53. The molecule has 1 aliphatic heterocycles. The summed E-state index contributed by atoms with van der Waals surface area (Å²) in [7, 11) is 0. The molecule has 21 heavy (non-hydrogen) atoms. The highest BCUT2D eigenvalue weighted by atomic mass is 35.5. The van der Waals surface area contributed by atoms with Gasteiger partial charge in [0, 0.05) is 30.6 Å². The first-order valence-corrected chi connectivity index (χ1v) is 7.65. The van der Waals surface area contributed by atoms with Crippen molar-refractivity contribution in [2.45, 2.75) is 26.8 Å². The first-order valence-electron chi connectivity index (χ1n) is 7.28. The smallest absolute Gasteiger partial charge is 0.226 e. The van der Waals surface area contributed by atoms with E-state index < -0.39 is 0 Å². The minimum absolute atomic E-state index is 0. The Kier molecular flexibility index (Phi) is 6.98. The lowest BCUT2D eigenvalue weighted by molar-refractivity contribution is -0.139. The number of carbonyl (C=O) groups is 1. The first-order chi connectivity index (χ1) is 9.52. The fraction of sp³-hybridized carbons (Fsp3) is 0.562. The molecule has 1 aromatic rings. The standard InChI is InChI=1S/C16H23ClN2O.ClH/c1-11(2)12(3)16(20)19-9-8-18-10-15(19)13-6-4-5-7-14(13)17;/h4-7,11-12,15,18H,8-10H2,1-3H3;1H.